The number of hydrogen-bond donors (Lipinski definition) is 2. The number of pyridine rings is 1. The maximum absolute atomic E-state index is 10.9. The molecule has 0 fully saturated rings. The maximum atomic E-state index is 10.9. The van der Waals surface area contributed by atoms with Gasteiger partial charge in [0.25, 0.3) is 5.69 Å². The number of carboxylic acids is 1. The molecule has 2 aromatic rings. The molecule has 0 aliphatic rings. The zero-order valence-corrected chi connectivity index (χ0v) is 11.0. The van der Waals surface area contributed by atoms with Crippen molar-refractivity contribution in [3.63, 3.8) is 0 Å². The number of anilines is 1. The van der Waals surface area contributed by atoms with Gasteiger partial charge >= 0.3 is 5.97 Å². The average molecular weight is 287 g/mol. The monoisotopic (exact) mass is 287 g/mol. The van der Waals surface area contributed by atoms with E-state index in [0.717, 1.165) is 5.56 Å². The van der Waals surface area contributed by atoms with Crippen LogP contribution in [0.4, 0.5) is 11.5 Å². The standard InChI is InChI=1S/C14H13N3O4/c18-14(19)11-3-1-2-10(8-11)6-7-15-13-5-4-12(9-16-13)17(20)21/h1-5,8-9H,6-7H2,(H,15,16)(H,18,19). The summed E-state index contributed by atoms with van der Waals surface area (Å²) in [6, 6.07) is 9.61. The number of hydrogen-bond acceptors (Lipinski definition) is 5. The lowest BCUT2D eigenvalue weighted by atomic mass is 10.1. The molecule has 0 atom stereocenters. The normalized spacial score (nSPS) is 10.1. The number of rotatable bonds is 6. The van der Waals surface area contributed by atoms with E-state index in [9.17, 15) is 14.9 Å². The molecular formula is C14H13N3O4. The van der Waals surface area contributed by atoms with Gasteiger partial charge in [0.05, 0.1) is 10.5 Å². The van der Waals surface area contributed by atoms with E-state index < -0.39 is 10.9 Å². The van der Waals surface area contributed by atoms with Gasteiger partial charge in [0.2, 0.25) is 0 Å². The van der Waals surface area contributed by atoms with E-state index in [1.807, 2.05) is 6.07 Å². The Bertz CT molecular complexity index is 656. The molecule has 1 heterocycles. The van der Waals surface area contributed by atoms with Gasteiger partial charge in [0.1, 0.15) is 12.0 Å². The van der Waals surface area contributed by atoms with Gasteiger partial charge in [-0.25, -0.2) is 9.78 Å². The summed E-state index contributed by atoms with van der Waals surface area (Å²) in [5, 5.41) is 22.4. The van der Waals surface area contributed by atoms with Crippen molar-refractivity contribution in [2.24, 2.45) is 0 Å². The molecule has 0 amide bonds. The van der Waals surface area contributed by atoms with Crippen molar-refractivity contribution in [2.75, 3.05) is 11.9 Å². The first-order chi connectivity index (χ1) is 10.1. The number of aromatic carboxylic acids is 1. The molecule has 2 N–H and O–H groups in total. The molecule has 0 radical (unpaired) electrons. The van der Waals surface area contributed by atoms with Crippen LogP contribution >= 0.6 is 0 Å². The molecular weight excluding hydrogens is 274 g/mol. The van der Waals surface area contributed by atoms with Gasteiger partial charge in [0, 0.05) is 12.6 Å². The molecule has 21 heavy (non-hydrogen) atoms. The molecule has 0 saturated carbocycles. The minimum Gasteiger partial charge on any atom is -0.478 e. The van der Waals surface area contributed by atoms with Crippen molar-refractivity contribution in [3.8, 4) is 0 Å². The van der Waals surface area contributed by atoms with Crippen LogP contribution in [-0.2, 0) is 6.42 Å². The van der Waals surface area contributed by atoms with Crippen molar-refractivity contribution in [1.29, 1.82) is 0 Å². The fraction of sp³-hybridized carbons (Fsp3) is 0.143. The molecule has 108 valence electrons. The molecule has 0 aliphatic carbocycles. The molecule has 1 aromatic carbocycles. The summed E-state index contributed by atoms with van der Waals surface area (Å²) in [4.78, 5) is 24.8. The van der Waals surface area contributed by atoms with Crippen LogP contribution < -0.4 is 5.32 Å². The van der Waals surface area contributed by atoms with Crippen LogP contribution in [0, 0.1) is 10.1 Å². The molecule has 1 aromatic heterocycles. The number of benzene rings is 1. The Morgan fingerprint density at radius 3 is 2.76 bits per heavy atom. The predicted molar refractivity (Wildman–Crippen MR) is 76.5 cm³/mol. The summed E-state index contributed by atoms with van der Waals surface area (Å²) < 4.78 is 0. The molecule has 2 rings (SSSR count). The van der Waals surface area contributed by atoms with Gasteiger partial charge < -0.3 is 10.4 Å². The zero-order chi connectivity index (χ0) is 15.2. The quantitative estimate of drug-likeness (QED) is 0.624. The third-order valence-electron chi connectivity index (χ3n) is 2.85. The maximum Gasteiger partial charge on any atom is 0.335 e. The lowest BCUT2D eigenvalue weighted by Gasteiger charge is -2.06. The molecule has 7 heteroatoms. The fourth-order valence-corrected chi connectivity index (χ4v) is 1.79. The smallest absolute Gasteiger partial charge is 0.335 e. The van der Waals surface area contributed by atoms with Crippen molar-refractivity contribution in [1.82, 2.24) is 4.98 Å². The second kappa shape index (κ2) is 6.47. The predicted octanol–water partition coefficient (Wildman–Crippen LogP) is 2.34. The Hall–Kier alpha value is -2.96. The zero-order valence-electron chi connectivity index (χ0n) is 11.0. The summed E-state index contributed by atoms with van der Waals surface area (Å²) in [5.41, 5.74) is 1.08. The highest BCUT2D eigenvalue weighted by atomic mass is 16.6. The second-order valence-electron chi connectivity index (χ2n) is 4.34. The van der Waals surface area contributed by atoms with Crippen LogP contribution in [0.2, 0.25) is 0 Å². The van der Waals surface area contributed by atoms with Crippen LogP contribution in [0.25, 0.3) is 0 Å². The second-order valence-corrected chi connectivity index (χ2v) is 4.34. The first-order valence-electron chi connectivity index (χ1n) is 6.23. The number of carboxylic acid groups (broad SMARTS) is 1. The Morgan fingerprint density at radius 2 is 2.14 bits per heavy atom. The van der Waals surface area contributed by atoms with E-state index >= 15 is 0 Å². The number of carbonyl (C=O) groups is 1. The minimum atomic E-state index is -0.957. The van der Waals surface area contributed by atoms with Gasteiger partial charge in [-0.1, -0.05) is 12.1 Å². The molecule has 0 unspecified atom stereocenters. The van der Waals surface area contributed by atoms with Gasteiger partial charge in [-0.05, 0) is 30.2 Å². The van der Waals surface area contributed by atoms with E-state index in [1.54, 1.807) is 12.1 Å². The largest absolute Gasteiger partial charge is 0.478 e. The van der Waals surface area contributed by atoms with Crippen molar-refractivity contribution < 1.29 is 14.8 Å². The average Bonchev–Trinajstić information content (AvgIpc) is 2.48. The lowest BCUT2D eigenvalue weighted by molar-refractivity contribution is -0.385. The van der Waals surface area contributed by atoms with Crippen LogP contribution in [0.5, 0.6) is 0 Å². The summed E-state index contributed by atoms with van der Waals surface area (Å²) in [6.45, 7) is 0.549. The Balaban J connectivity index is 1.90. The molecule has 0 saturated heterocycles. The molecule has 0 aliphatic heterocycles. The van der Waals surface area contributed by atoms with E-state index in [1.165, 1.54) is 24.4 Å². The van der Waals surface area contributed by atoms with E-state index in [4.69, 9.17) is 5.11 Å². The van der Waals surface area contributed by atoms with E-state index in [2.05, 4.69) is 10.3 Å². The van der Waals surface area contributed by atoms with Crippen LogP contribution in [-0.4, -0.2) is 27.5 Å². The molecule has 0 spiro atoms. The van der Waals surface area contributed by atoms with Gasteiger partial charge in [-0.3, -0.25) is 10.1 Å². The van der Waals surface area contributed by atoms with Gasteiger partial charge in [-0.15, -0.1) is 0 Å². The van der Waals surface area contributed by atoms with E-state index in [0.29, 0.717) is 18.8 Å². The fourth-order valence-electron chi connectivity index (χ4n) is 1.79. The highest BCUT2D eigenvalue weighted by Gasteiger charge is 2.05. The SMILES string of the molecule is O=C(O)c1cccc(CCNc2ccc([N+](=O)[O-])cn2)c1. The van der Waals surface area contributed by atoms with Crippen molar-refractivity contribution >= 4 is 17.5 Å². The Kier molecular flexibility index (Phi) is 4.45. The summed E-state index contributed by atoms with van der Waals surface area (Å²) >= 11 is 0. The van der Waals surface area contributed by atoms with Gasteiger partial charge in [0.15, 0.2) is 0 Å². The summed E-state index contributed by atoms with van der Waals surface area (Å²) in [7, 11) is 0. The van der Waals surface area contributed by atoms with E-state index in [-0.39, 0.29) is 11.3 Å². The Morgan fingerprint density at radius 1 is 1.33 bits per heavy atom. The van der Waals surface area contributed by atoms with Crippen molar-refractivity contribution in [3.05, 3.63) is 63.8 Å². The topological polar surface area (TPSA) is 105 Å². The number of nitro groups is 1. The molecule has 0 bridgehead atoms. The lowest BCUT2D eigenvalue weighted by Crippen LogP contribution is -2.07. The first kappa shape index (κ1) is 14.4. The third kappa shape index (κ3) is 4.00. The summed E-state index contributed by atoms with van der Waals surface area (Å²) in [6.07, 6.45) is 1.81. The van der Waals surface area contributed by atoms with Crippen LogP contribution in [0.15, 0.2) is 42.6 Å². The van der Waals surface area contributed by atoms with Crippen molar-refractivity contribution in [2.45, 2.75) is 6.42 Å². The summed E-state index contributed by atoms with van der Waals surface area (Å²) in [5.74, 6) is -0.420. The van der Waals surface area contributed by atoms with Crippen LogP contribution in [0.3, 0.4) is 0 Å². The number of nitrogens with zero attached hydrogens (tertiary/aromatic N) is 2. The number of nitrogens with one attached hydrogen (secondary N) is 1. The Labute approximate surface area is 120 Å². The number of aromatic nitrogens is 1. The highest BCUT2D eigenvalue weighted by Crippen LogP contribution is 2.12. The highest BCUT2D eigenvalue weighted by molar-refractivity contribution is 5.87. The third-order valence-corrected chi connectivity index (χ3v) is 2.85. The van der Waals surface area contributed by atoms with Crippen LogP contribution in [0.1, 0.15) is 15.9 Å². The minimum absolute atomic E-state index is 0.0605. The molecule has 7 nitrogen and oxygen atoms in total. The van der Waals surface area contributed by atoms with Gasteiger partial charge in [-0.2, -0.15) is 0 Å². The first-order valence-corrected chi connectivity index (χ1v) is 6.23.